The van der Waals surface area contributed by atoms with Gasteiger partial charge in [-0.1, -0.05) is 51.1 Å². The van der Waals surface area contributed by atoms with Gasteiger partial charge in [0.1, 0.15) is 33.6 Å². The van der Waals surface area contributed by atoms with E-state index < -0.39 is 62.8 Å². The van der Waals surface area contributed by atoms with Crippen molar-refractivity contribution in [3.8, 4) is 22.6 Å². The van der Waals surface area contributed by atoms with E-state index in [4.69, 9.17) is 20.0 Å². The third-order valence-electron chi connectivity index (χ3n) is 8.79. The number of carbonyl (C=O) groups excluding carboxylic acids is 3. The van der Waals surface area contributed by atoms with Crippen LogP contribution in [-0.2, 0) is 24.4 Å². The van der Waals surface area contributed by atoms with Gasteiger partial charge < -0.3 is 15.0 Å². The summed E-state index contributed by atoms with van der Waals surface area (Å²) in [5.41, 5.74) is -0.580. The van der Waals surface area contributed by atoms with Gasteiger partial charge >= 0.3 is 0 Å². The molecule has 1 aliphatic heterocycles. The van der Waals surface area contributed by atoms with Crippen molar-refractivity contribution in [1.29, 1.82) is 5.26 Å². The molecule has 13 nitrogen and oxygen atoms in total. The number of nitriles is 1. The molecule has 3 aromatic heterocycles. The number of carbonyl (C=O) groups is 3. The van der Waals surface area contributed by atoms with Crippen LogP contribution in [0.25, 0.3) is 21.6 Å². The molecule has 0 bridgehead atoms. The van der Waals surface area contributed by atoms with E-state index >= 15 is 0 Å². The van der Waals surface area contributed by atoms with Crippen LogP contribution < -0.4 is 20.1 Å². The Morgan fingerprint density at radius 2 is 1.80 bits per heavy atom. The van der Waals surface area contributed by atoms with E-state index in [1.54, 1.807) is 44.5 Å². The Morgan fingerprint density at radius 1 is 1.10 bits per heavy atom. The smallest absolute Gasteiger partial charge is 0.259 e. The number of sulfonamides is 1. The number of ether oxygens (including phenoxy) is 1. The number of nitrogens with one attached hydrogen (secondary N) is 3. The summed E-state index contributed by atoms with van der Waals surface area (Å²) in [6.45, 7) is 8.83. The number of benzene rings is 1. The van der Waals surface area contributed by atoms with Crippen molar-refractivity contribution >= 4 is 61.5 Å². The highest BCUT2D eigenvalue weighted by molar-refractivity contribution is 7.91. The third-order valence-corrected chi connectivity index (χ3v) is 12.5. The minimum absolute atomic E-state index is 0.000791. The van der Waals surface area contributed by atoms with Crippen molar-refractivity contribution in [3.05, 3.63) is 71.9 Å². The lowest BCUT2D eigenvalue weighted by Crippen LogP contribution is -2.59. The molecule has 0 spiro atoms. The first-order chi connectivity index (χ1) is 23.8. The van der Waals surface area contributed by atoms with Crippen LogP contribution in [-0.4, -0.2) is 71.3 Å². The molecule has 2 fully saturated rings. The van der Waals surface area contributed by atoms with E-state index in [0.29, 0.717) is 16.7 Å². The molecule has 2 aliphatic rings. The fourth-order valence-electron chi connectivity index (χ4n) is 6.07. The molecule has 6 rings (SSSR count). The molecule has 1 aliphatic carbocycles. The SMILES string of the molecule is C=CC1C[C@]1(NC(=O)[C@@H]1C[C@@H](Oc2nc3ccccc3nc2-c2cccs2)CN1C(=O)[C@H](NS(=O)(=O)c1cccs1)C(C)(C)C)C(=O)NC#N. The van der Waals surface area contributed by atoms with Gasteiger partial charge in [0.2, 0.25) is 17.7 Å². The van der Waals surface area contributed by atoms with E-state index in [0.717, 1.165) is 16.2 Å². The minimum Gasteiger partial charge on any atom is -0.471 e. The van der Waals surface area contributed by atoms with Gasteiger partial charge in [-0.15, -0.1) is 29.3 Å². The molecule has 5 atom stereocenters. The lowest BCUT2D eigenvalue weighted by atomic mass is 9.86. The molecule has 1 unspecified atom stereocenters. The number of amides is 3. The molecule has 3 amide bonds. The lowest BCUT2D eigenvalue weighted by molar-refractivity contribution is -0.142. The molecule has 16 heteroatoms. The maximum Gasteiger partial charge on any atom is 0.259 e. The molecule has 0 radical (unpaired) electrons. The van der Waals surface area contributed by atoms with Gasteiger partial charge in [0.05, 0.1) is 22.5 Å². The normalized spacial score (nSPS) is 22.4. The summed E-state index contributed by atoms with van der Waals surface area (Å²) in [4.78, 5) is 53.3. The molecule has 4 aromatic rings. The van der Waals surface area contributed by atoms with Crippen molar-refractivity contribution in [1.82, 2.24) is 30.2 Å². The quantitative estimate of drug-likeness (QED) is 0.117. The molecule has 1 aromatic carbocycles. The van der Waals surface area contributed by atoms with E-state index in [1.807, 2.05) is 35.7 Å². The summed E-state index contributed by atoms with van der Waals surface area (Å²) in [7, 11) is -4.09. The standard InChI is InChI=1S/C34H35N7O6S3/c1-5-20-17-34(20,32(44)36-19-35)39-29(42)24-16-21(47-30-27(25-12-8-14-48-25)37-22-10-6-7-11-23(22)38-30)18-41(24)31(43)28(33(2,3)4)40-50(45,46)26-13-9-15-49-26/h5-15,20-21,24,28,40H,1,16-18H2,2-4H3,(H,36,44)(H,39,42)/t20?,21-,24+,28+,34-/m1/s1. The number of thiophene rings is 2. The zero-order chi connectivity index (χ0) is 35.8. The van der Waals surface area contributed by atoms with E-state index in [-0.39, 0.29) is 29.5 Å². The minimum atomic E-state index is -4.09. The first kappa shape index (κ1) is 35.1. The zero-order valence-electron chi connectivity index (χ0n) is 27.5. The zero-order valence-corrected chi connectivity index (χ0v) is 29.9. The molecule has 260 valence electrons. The summed E-state index contributed by atoms with van der Waals surface area (Å²) >= 11 is 2.47. The number of rotatable bonds is 11. The number of fused-ring (bicyclic) bond motifs is 1. The number of aromatic nitrogens is 2. The van der Waals surface area contributed by atoms with Crippen LogP contribution in [0.4, 0.5) is 0 Å². The van der Waals surface area contributed by atoms with Crippen LogP contribution in [0, 0.1) is 22.8 Å². The van der Waals surface area contributed by atoms with Crippen LogP contribution in [0.15, 0.2) is 76.2 Å². The Kier molecular flexibility index (Phi) is 9.53. The van der Waals surface area contributed by atoms with Crippen molar-refractivity contribution in [2.75, 3.05) is 6.54 Å². The van der Waals surface area contributed by atoms with Crippen LogP contribution in [0.5, 0.6) is 5.88 Å². The summed E-state index contributed by atoms with van der Waals surface area (Å²) in [6.07, 6.45) is 2.59. The second kappa shape index (κ2) is 13.6. The molecule has 4 heterocycles. The van der Waals surface area contributed by atoms with Crippen LogP contribution in [0.2, 0.25) is 0 Å². The van der Waals surface area contributed by atoms with Crippen molar-refractivity contribution in [2.45, 2.75) is 61.5 Å². The van der Waals surface area contributed by atoms with Gasteiger partial charge in [-0.3, -0.25) is 19.7 Å². The summed E-state index contributed by atoms with van der Waals surface area (Å²) in [6, 6.07) is 11.7. The van der Waals surface area contributed by atoms with Crippen LogP contribution in [0.3, 0.4) is 0 Å². The van der Waals surface area contributed by atoms with Gasteiger partial charge in [0.25, 0.3) is 15.9 Å². The fraction of sp³-hybridized carbons (Fsp3) is 0.353. The Morgan fingerprint density at radius 3 is 2.40 bits per heavy atom. The number of para-hydroxylation sites is 2. The Bertz CT molecular complexity index is 2090. The highest BCUT2D eigenvalue weighted by atomic mass is 32.2. The van der Waals surface area contributed by atoms with Crippen LogP contribution in [0.1, 0.15) is 33.6 Å². The Hall–Kier alpha value is -4.69. The molecule has 3 N–H and O–H groups in total. The predicted octanol–water partition coefficient (Wildman–Crippen LogP) is 3.82. The number of nitrogens with zero attached hydrogens (tertiary/aromatic N) is 4. The average molecular weight is 734 g/mol. The molecular formula is C34H35N7O6S3. The second-order valence-corrected chi connectivity index (χ2v) is 17.1. The van der Waals surface area contributed by atoms with Crippen molar-refractivity contribution in [3.63, 3.8) is 0 Å². The summed E-state index contributed by atoms with van der Waals surface area (Å²) < 4.78 is 35.9. The fourth-order valence-corrected chi connectivity index (χ4v) is 9.18. The van der Waals surface area contributed by atoms with Gasteiger partial charge in [-0.2, -0.15) is 9.98 Å². The lowest BCUT2D eigenvalue weighted by Gasteiger charge is -2.35. The second-order valence-electron chi connectivity index (χ2n) is 13.3. The predicted molar refractivity (Wildman–Crippen MR) is 188 cm³/mol. The Balaban J connectivity index is 1.35. The van der Waals surface area contributed by atoms with Crippen molar-refractivity contribution < 1.29 is 27.5 Å². The maximum absolute atomic E-state index is 14.5. The number of hydrogen-bond acceptors (Lipinski definition) is 11. The maximum atomic E-state index is 14.5. The largest absolute Gasteiger partial charge is 0.471 e. The topological polar surface area (TPSA) is 183 Å². The number of hydrogen-bond donors (Lipinski definition) is 3. The molecule has 50 heavy (non-hydrogen) atoms. The molecule has 1 saturated carbocycles. The van der Waals surface area contributed by atoms with Gasteiger partial charge in [-0.25, -0.2) is 18.4 Å². The van der Waals surface area contributed by atoms with Crippen LogP contribution >= 0.6 is 22.7 Å². The van der Waals surface area contributed by atoms with Crippen molar-refractivity contribution in [2.24, 2.45) is 11.3 Å². The van der Waals surface area contributed by atoms with Gasteiger partial charge in [0, 0.05) is 12.3 Å². The summed E-state index contributed by atoms with van der Waals surface area (Å²) in [5.74, 6) is -2.20. The highest BCUT2D eigenvalue weighted by Gasteiger charge is 2.61. The number of likely N-dealkylation sites (tertiary alicyclic amines) is 1. The first-order valence-corrected chi connectivity index (χ1v) is 19.0. The highest BCUT2D eigenvalue weighted by Crippen LogP contribution is 2.45. The third kappa shape index (κ3) is 6.86. The van der Waals surface area contributed by atoms with E-state index in [9.17, 15) is 22.8 Å². The first-order valence-electron chi connectivity index (χ1n) is 15.7. The van der Waals surface area contributed by atoms with E-state index in [2.05, 4.69) is 21.9 Å². The average Bonchev–Trinajstić information content (AvgIpc) is 3.60. The molecule has 1 saturated heterocycles. The van der Waals surface area contributed by atoms with E-state index in [1.165, 1.54) is 28.4 Å². The summed E-state index contributed by atoms with van der Waals surface area (Å²) in [5, 5.41) is 17.5. The Labute approximate surface area is 297 Å². The monoisotopic (exact) mass is 733 g/mol. The molecular weight excluding hydrogens is 699 g/mol. The van der Waals surface area contributed by atoms with Gasteiger partial charge in [0.15, 0.2) is 6.19 Å². The van der Waals surface area contributed by atoms with Gasteiger partial charge in [-0.05, 0) is 46.9 Å².